The maximum Gasteiger partial charge on any atom is 0.238 e. The molecule has 0 aliphatic heterocycles. The number of carbonyl (C=O) groups is 1. The van der Waals surface area contributed by atoms with Gasteiger partial charge >= 0.3 is 0 Å². The Bertz CT molecular complexity index is 384. The third-order valence-electron chi connectivity index (χ3n) is 3.17. The van der Waals surface area contributed by atoms with Crippen LogP contribution in [0.1, 0.15) is 45.1 Å². The van der Waals surface area contributed by atoms with Gasteiger partial charge in [-0.2, -0.15) is 0 Å². The standard InChI is InChI=1S/C16H26N2O/c1-5-6-11-18(4)12-16(19)17-15-9-7-14(8-10-15)13(2)3/h7-10,13H,5-6,11-12H2,1-4H3,(H,17,19). The van der Waals surface area contributed by atoms with E-state index in [1.807, 2.05) is 19.2 Å². The fourth-order valence-corrected chi connectivity index (χ4v) is 1.90. The third kappa shape index (κ3) is 5.88. The molecule has 3 nitrogen and oxygen atoms in total. The monoisotopic (exact) mass is 262 g/mol. The molecule has 0 aliphatic carbocycles. The van der Waals surface area contributed by atoms with Crippen molar-refractivity contribution in [1.29, 1.82) is 0 Å². The number of carbonyl (C=O) groups excluding carboxylic acids is 1. The zero-order valence-electron chi connectivity index (χ0n) is 12.6. The molecular weight excluding hydrogens is 236 g/mol. The molecule has 0 saturated heterocycles. The SMILES string of the molecule is CCCCN(C)CC(=O)Nc1ccc(C(C)C)cc1. The predicted molar refractivity (Wildman–Crippen MR) is 81.6 cm³/mol. The van der Waals surface area contributed by atoms with Crippen LogP contribution in [0.3, 0.4) is 0 Å². The maximum atomic E-state index is 11.9. The summed E-state index contributed by atoms with van der Waals surface area (Å²) in [6, 6.07) is 8.08. The molecule has 0 spiro atoms. The Kier molecular flexibility index (Phi) is 6.57. The van der Waals surface area contributed by atoms with Crippen LogP contribution < -0.4 is 5.32 Å². The van der Waals surface area contributed by atoms with Gasteiger partial charge in [-0.3, -0.25) is 9.69 Å². The van der Waals surface area contributed by atoms with E-state index in [9.17, 15) is 4.79 Å². The maximum absolute atomic E-state index is 11.9. The highest BCUT2D eigenvalue weighted by molar-refractivity contribution is 5.92. The van der Waals surface area contributed by atoms with Gasteiger partial charge in [-0.25, -0.2) is 0 Å². The molecule has 0 unspecified atom stereocenters. The molecule has 0 saturated carbocycles. The second kappa shape index (κ2) is 7.95. The molecular formula is C16H26N2O. The fourth-order valence-electron chi connectivity index (χ4n) is 1.90. The first-order valence-electron chi connectivity index (χ1n) is 7.11. The van der Waals surface area contributed by atoms with Crippen molar-refractivity contribution in [3.63, 3.8) is 0 Å². The van der Waals surface area contributed by atoms with Crippen LogP contribution in [-0.2, 0) is 4.79 Å². The summed E-state index contributed by atoms with van der Waals surface area (Å²) in [6.07, 6.45) is 2.29. The van der Waals surface area contributed by atoms with Crippen molar-refractivity contribution in [3.05, 3.63) is 29.8 Å². The molecule has 1 aromatic rings. The number of likely N-dealkylation sites (N-methyl/N-ethyl adjacent to an activating group) is 1. The number of nitrogens with one attached hydrogen (secondary N) is 1. The van der Waals surface area contributed by atoms with Crippen molar-refractivity contribution in [1.82, 2.24) is 4.90 Å². The number of anilines is 1. The fraction of sp³-hybridized carbons (Fsp3) is 0.562. The molecule has 1 amide bonds. The predicted octanol–water partition coefficient (Wildman–Crippen LogP) is 3.48. The number of rotatable bonds is 7. The van der Waals surface area contributed by atoms with E-state index in [4.69, 9.17) is 0 Å². The lowest BCUT2D eigenvalue weighted by Crippen LogP contribution is -2.30. The summed E-state index contributed by atoms with van der Waals surface area (Å²) < 4.78 is 0. The number of hydrogen-bond acceptors (Lipinski definition) is 2. The summed E-state index contributed by atoms with van der Waals surface area (Å²) in [5.74, 6) is 0.570. The van der Waals surface area contributed by atoms with Gasteiger partial charge in [-0.15, -0.1) is 0 Å². The van der Waals surface area contributed by atoms with Crippen LogP contribution in [0.25, 0.3) is 0 Å². The largest absolute Gasteiger partial charge is 0.325 e. The van der Waals surface area contributed by atoms with E-state index < -0.39 is 0 Å². The number of amides is 1. The molecule has 106 valence electrons. The Morgan fingerprint density at radius 3 is 2.42 bits per heavy atom. The smallest absolute Gasteiger partial charge is 0.238 e. The molecule has 19 heavy (non-hydrogen) atoms. The van der Waals surface area contributed by atoms with Crippen LogP contribution in [0.2, 0.25) is 0 Å². The Morgan fingerprint density at radius 2 is 1.89 bits per heavy atom. The van der Waals surface area contributed by atoms with Crippen LogP contribution >= 0.6 is 0 Å². The van der Waals surface area contributed by atoms with Crippen molar-refractivity contribution >= 4 is 11.6 Å². The van der Waals surface area contributed by atoms with Crippen LogP contribution in [0.4, 0.5) is 5.69 Å². The lowest BCUT2D eigenvalue weighted by atomic mass is 10.0. The Balaban J connectivity index is 2.43. The molecule has 0 aliphatic rings. The van der Waals surface area contributed by atoms with E-state index in [2.05, 4.69) is 43.1 Å². The molecule has 0 atom stereocenters. The summed E-state index contributed by atoms with van der Waals surface area (Å²) in [4.78, 5) is 13.9. The van der Waals surface area contributed by atoms with Crippen LogP contribution in [0.5, 0.6) is 0 Å². The first-order chi connectivity index (χ1) is 9.02. The van der Waals surface area contributed by atoms with Gasteiger partial charge < -0.3 is 5.32 Å². The average molecular weight is 262 g/mol. The summed E-state index contributed by atoms with van der Waals surface area (Å²) in [5.41, 5.74) is 2.16. The van der Waals surface area contributed by atoms with Gasteiger partial charge in [0.1, 0.15) is 0 Å². The Hall–Kier alpha value is -1.35. The number of benzene rings is 1. The minimum atomic E-state index is 0.0518. The van der Waals surface area contributed by atoms with Crippen molar-refractivity contribution in [2.45, 2.75) is 39.5 Å². The molecule has 0 fully saturated rings. The highest BCUT2D eigenvalue weighted by Crippen LogP contribution is 2.17. The van der Waals surface area contributed by atoms with Crippen molar-refractivity contribution in [2.24, 2.45) is 0 Å². The van der Waals surface area contributed by atoms with Gasteiger partial charge in [-0.1, -0.05) is 39.3 Å². The Morgan fingerprint density at radius 1 is 1.26 bits per heavy atom. The van der Waals surface area contributed by atoms with E-state index in [1.165, 1.54) is 5.56 Å². The summed E-state index contributed by atoms with van der Waals surface area (Å²) in [5, 5.41) is 2.93. The summed E-state index contributed by atoms with van der Waals surface area (Å²) in [7, 11) is 1.98. The van der Waals surface area contributed by atoms with E-state index in [1.54, 1.807) is 0 Å². The first-order valence-corrected chi connectivity index (χ1v) is 7.11. The number of unbranched alkanes of at least 4 members (excludes halogenated alkanes) is 1. The van der Waals surface area contributed by atoms with Gasteiger partial charge in [0.25, 0.3) is 0 Å². The van der Waals surface area contributed by atoms with E-state index in [-0.39, 0.29) is 5.91 Å². The van der Waals surface area contributed by atoms with Gasteiger partial charge in [-0.05, 0) is 43.6 Å². The first kappa shape index (κ1) is 15.7. The summed E-state index contributed by atoms with van der Waals surface area (Å²) in [6.45, 7) is 7.90. The lowest BCUT2D eigenvalue weighted by Gasteiger charge is -2.15. The normalized spacial score (nSPS) is 11.1. The molecule has 0 radical (unpaired) electrons. The van der Waals surface area contributed by atoms with Gasteiger partial charge in [0.05, 0.1) is 6.54 Å². The second-order valence-corrected chi connectivity index (χ2v) is 5.42. The quantitative estimate of drug-likeness (QED) is 0.816. The second-order valence-electron chi connectivity index (χ2n) is 5.42. The summed E-state index contributed by atoms with van der Waals surface area (Å²) >= 11 is 0. The van der Waals surface area contributed by atoms with Crippen LogP contribution in [0.15, 0.2) is 24.3 Å². The molecule has 1 N–H and O–H groups in total. The third-order valence-corrected chi connectivity index (χ3v) is 3.17. The minimum Gasteiger partial charge on any atom is -0.325 e. The van der Waals surface area contributed by atoms with Gasteiger partial charge in [0.15, 0.2) is 0 Å². The van der Waals surface area contributed by atoms with Crippen molar-refractivity contribution in [3.8, 4) is 0 Å². The topological polar surface area (TPSA) is 32.3 Å². The van der Waals surface area contributed by atoms with Crippen LogP contribution in [0, 0.1) is 0 Å². The lowest BCUT2D eigenvalue weighted by molar-refractivity contribution is -0.117. The van der Waals surface area contributed by atoms with E-state index >= 15 is 0 Å². The zero-order valence-corrected chi connectivity index (χ0v) is 12.6. The molecule has 0 heterocycles. The number of nitrogens with zero attached hydrogens (tertiary/aromatic N) is 1. The van der Waals surface area contributed by atoms with Gasteiger partial charge in [0, 0.05) is 5.69 Å². The highest BCUT2D eigenvalue weighted by atomic mass is 16.2. The number of hydrogen-bond donors (Lipinski definition) is 1. The Labute approximate surface area is 117 Å². The van der Waals surface area contributed by atoms with E-state index in [0.29, 0.717) is 12.5 Å². The minimum absolute atomic E-state index is 0.0518. The highest BCUT2D eigenvalue weighted by Gasteiger charge is 2.06. The average Bonchev–Trinajstić information content (AvgIpc) is 2.36. The van der Waals surface area contributed by atoms with Crippen molar-refractivity contribution < 1.29 is 4.79 Å². The van der Waals surface area contributed by atoms with E-state index in [0.717, 1.165) is 25.1 Å². The van der Waals surface area contributed by atoms with Gasteiger partial charge in [0.2, 0.25) is 5.91 Å². The molecule has 1 rings (SSSR count). The molecule has 1 aromatic carbocycles. The zero-order chi connectivity index (χ0) is 14.3. The van der Waals surface area contributed by atoms with Crippen molar-refractivity contribution in [2.75, 3.05) is 25.5 Å². The molecule has 3 heteroatoms. The van der Waals surface area contributed by atoms with Crippen LogP contribution in [-0.4, -0.2) is 30.9 Å². The molecule has 0 bridgehead atoms. The molecule has 0 aromatic heterocycles.